The number of allylic oxidation sites excluding steroid dienone is 6. The molecule has 0 amide bonds. The third kappa shape index (κ3) is 6.77. The van der Waals surface area contributed by atoms with E-state index in [9.17, 15) is 4.79 Å². The van der Waals surface area contributed by atoms with Crippen LogP contribution in [0.5, 0.6) is 5.75 Å². The molecule has 3 nitrogen and oxygen atoms in total. The fourth-order valence-electron chi connectivity index (χ4n) is 3.42. The summed E-state index contributed by atoms with van der Waals surface area (Å²) >= 11 is 0. The lowest BCUT2D eigenvalue weighted by atomic mass is 10.0. The Kier molecular flexibility index (Phi) is 8.50. The maximum Gasteiger partial charge on any atom is 0.193 e. The summed E-state index contributed by atoms with van der Waals surface area (Å²) in [6, 6.07) is 5.59. The van der Waals surface area contributed by atoms with Crippen molar-refractivity contribution in [1.82, 2.24) is 4.98 Å². The summed E-state index contributed by atoms with van der Waals surface area (Å²) in [6.07, 6.45) is 11.8. The monoisotopic (exact) mass is 393 g/mol. The molecule has 29 heavy (non-hydrogen) atoms. The summed E-state index contributed by atoms with van der Waals surface area (Å²) < 4.78 is 5.27. The normalized spacial score (nSPS) is 12.3. The van der Waals surface area contributed by atoms with Crippen molar-refractivity contribution in [3.05, 3.63) is 74.6 Å². The number of rotatable bonds is 9. The Morgan fingerprint density at radius 3 is 2.31 bits per heavy atom. The molecular weight excluding hydrogens is 358 g/mol. The molecule has 1 aromatic heterocycles. The van der Waals surface area contributed by atoms with Crippen molar-refractivity contribution >= 4 is 10.9 Å². The predicted octanol–water partition coefficient (Wildman–Crippen LogP) is 6.81. The number of aromatic nitrogens is 1. The molecule has 0 aliphatic heterocycles. The Balaban J connectivity index is 2.04. The van der Waals surface area contributed by atoms with Crippen molar-refractivity contribution in [3.63, 3.8) is 0 Å². The first-order valence-electron chi connectivity index (χ1n) is 10.5. The van der Waals surface area contributed by atoms with Gasteiger partial charge >= 0.3 is 0 Å². The zero-order valence-corrected chi connectivity index (χ0v) is 18.8. The lowest BCUT2D eigenvalue weighted by Crippen LogP contribution is -2.13. The molecule has 0 radical (unpaired) electrons. The van der Waals surface area contributed by atoms with Gasteiger partial charge in [-0.15, -0.1) is 0 Å². The van der Waals surface area contributed by atoms with Crippen LogP contribution >= 0.6 is 0 Å². The Morgan fingerprint density at radius 1 is 1.00 bits per heavy atom. The molecule has 1 aromatic carbocycles. The number of fused-ring (bicyclic) bond motifs is 1. The SMILES string of the molecule is COc1ccc2[nH]c(C)c(C/C=C(\C)CC/C=C(\C)CCC=C(C)C)c(=O)c2c1. The second-order valence-electron chi connectivity index (χ2n) is 8.13. The molecule has 0 aliphatic rings. The average Bonchev–Trinajstić information content (AvgIpc) is 2.67. The number of nitrogens with one attached hydrogen (secondary N) is 1. The van der Waals surface area contributed by atoms with Crippen molar-refractivity contribution < 1.29 is 4.74 Å². The maximum absolute atomic E-state index is 13.0. The highest BCUT2D eigenvalue weighted by Crippen LogP contribution is 2.19. The minimum atomic E-state index is 0.0919. The number of ether oxygens (including phenoxy) is 1. The zero-order chi connectivity index (χ0) is 21.4. The maximum atomic E-state index is 13.0. The summed E-state index contributed by atoms with van der Waals surface area (Å²) in [4.78, 5) is 16.3. The second kappa shape index (κ2) is 10.8. The summed E-state index contributed by atoms with van der Waals surface area (Å²) in [6.45, 7) is 10.6. The van der Waals surface area contributed by atoms with Crippen LogP contribution in [0.25, 0.3) is 10.9 Å². The van der Waals surface area contributed by atoms with Gasteiger partial charge in [0.15, 0.2) is 5.43 Å². The molecule has 3 heteroatoms. The van der Waals surface area contributed by atoms with Crippen molar-refractivity contribution in [2.45, 2.75) is 66.7 Å². The largest absolute Gasteiger partial charge is 0.497 e. The predicted molar refractivity (Wildman–Crippen MR) is 125 cm³/mol. The lowest BCUT2D eigenvalue weighted by Gasteiger charge is -2.08. The molecule has 0 saturated heterocycles. The first-order chi connectivity index (χ1) is 13.8. The summed E-state index contributed by atoms with van der Waals surface area (Å²) in [5, 5.41) is 0.686. The number of aryl methyl sites for hydroxylation is 1. The van der Waals surface area contributed by atoms with Crippen LogP contribution in [0.1, 0.15) is 64.6 Å². The van der Waals surface area contributed by atoms with Gasteiger partial charge in [0, 0.05) is 22.2 Å². The summed E-state index contributed by atoms with van der Waals surface area (Å²) in [7, 11) is 1.62. The van der Waals surface area contributed by atoms with Gasteiger partial charge in [0.25, 0.3) is 0 Å². The zero-order valence-electron chi connectivity index (χ0n) is 18.8. The number of hydrogen-bond donors (Lipinski definition) is 1. The molecule has 0 bridgehead atoms. The van der Waals surface area contributed by atoms with E-state index in [2.05, 4.69) is 50.9 Å². The van der Waals surface area contributed by atoms with Gasteiger partial charge in [-0.1, -0.05) is 34.9 Å². The molecule has 0 saturated carbocycles. The van der Waals surface area contributed by atoms with Crippen LogP contribution in [0.3, 0.4) is 0 Å². The fraction of sp³-hybridized carbons (Fsp3) is 0.423. The van der Waals surface area contributed by atoms with Gasteiger partial charge in [-0.2, -0.15) is 0 Å². The topological polar surface area (TPSA) is 42.1 Å². The molecule has 2 aromatic rings. The van der Waals surface area contributed by atoms with Crippen LogP contribution < -0.4 is 10.2 Å². The van der Waals surface area contributed by atoms with E-state index in [4.69, 9.17) is 4.74 Å². The van der Waals surface area contributed by atoms with E-state index in [1.54, 1.807) is 7.11 Å². The Morgan fingerprint density at radius 2 is 1.66 bits per heavy atom. The first kappa shape index (κ1) is 22.7. The van der Waals surface area contributed by atoms with Gasteiger partial charge < -0.3 is 9.72 Å². The molecule has 1 N–H and O–H groups in total. The van der Waals surface area contributed by atoms with Crippen LogP contribution in [-0.2, 0) is 6.42 Å². The summed E-state index contributed by atoms with van der Waals surface area (Å²) in [5.41, 5.74) is 6.87. The number of hydrogen-bond acceptors (Lipinski definition) is 2. The third-order valence-electron chi connectivity index (χ3n) is 5.30. The van der Waals surface area contributed by atoms with Gasteiger partial charge in [0.1, 0.15) is 5.75 Å². The van der Waals surface area contributed by atoms with Gasteiger partial charge in [0.05, 0.1) is 7.11 Å². The van der Waals surface area contributed by atoms with E-state index in [1.807, 2.05) is 25.1 Å². The van der Waals surface area contributed by atoms with Crippen LogP contribution in [-0.4, -0.2) is 12.1 Å². The van der Waals surface area contributed by atoms with E-state index in [-0.39, 0.29) is 5.43 Å². The van der Waals surface area contributed by atoms with Crippen molar-refractivity contribution in [2.75, 3.05) is 7.11 Å². The van der Waals surface area contributed by atoms with E-state index in [0.717, 1.165) is 42.5 Å². The molecule has 0 unspecified atom stereocenters. The van der Waals surface area contributed by atoms with E-state index in [1.165, 1.54) is 16.7 Å². The van der Waals surface area contributed by atoms with Gasteiger partial charge in [-0.3, -0.25) is 4.79 Å². The van der Waals surface area contributed by atoms with Crippen LogP contribution in [0.2, 0.25) is 0 Å². The molecule has 156 valence electrons. The van der Waals surface area contributed by atoms with Gasteiger partial charge in [-0.25, -0.2) is 0 Å². The molecule has 0 aliphatic carbocycles. The molecule has 0 fully saturated rings. The smallest absolute Gasteiger partial charge is 0.193 e. The van der Waals surface area contributed by atoms with Crippen molar-refractivity contribution in [1.29, 1.82) is 0 Å². The minimum absolute atomic E-state index is 0.0919. The quantitative estimate of drug-likeness (QED) is 0.476. The van der Waals surface area contributed by atoms with E-state index >= 15 is 0 Å². The Hall–Kier alpha value is -2.55. The summed E-state index contributed by atoms with van der Waals surface area (Å²) in [5.74, 6) is 0.705. The van der Waals surface area contributed by atoms with E-state index in [0.29, 0.717) is 17.6 Å². The Labute approximate surface area is 175 Å². The number of H-pyrrole nitrogens is 1. The molecule has 0 spiro atoms. The number of benzene rings is 1. The standard InChI is InChI=1S/C26H35NO2/c1-18(2)9-7-10-19(3)11-8-12-20(4)13-15-23-21(5)27-25-16-14-22(29-6)17-24(25)26(23)28/h9,11,13-14,16-17H,7-8,10,12,15H2,1-6H3,(H,27,28)/b19-11+,20-13+. The van der Waals surface area contributed by atoms with Gasteiger partial charge in [-0.05, 0) is 84.9 Å². The number of methoxy groups -OCH3 is 1. The molecular formula is C26H35NO2. The number of pyridine rings is 1. The highest BCUT2D eigenvalue weighted by Gasteiger charge is 2.09. The molecule has 2 rings (SSSR count). The number of aromatic amines is 1. The van der Waals surface area contributed by atoms with E-state index < -0.39 is 0 Å². The third-order valence-corrected chi connectivity index (χ3v) is 5.30. The average molecular weight is 394 g/mol. The van der Waals surface area contributed by atoms with Crippen LogP contribution in [0.15, 0.2) is 57.9 Å². The van der Waals surface area contributed by atoms with Gasteiger partial charge in [0.2, 0.25) is 0 Å². The highest BCUT2D eigenvalue weighted by molar-refractivity contribution is 5.81. The second-order valence-corrected chi connectivity index (χ2v) is 8.13. The van der Waals surface area contributed by atoms with Crippen LogP contribution in [0, 0.1) is 6.92 Å². The highest BCUT2D eigenvalue weighted by atomic mass is 16.5. The van der Waals surface area contributed by atoms with Crippen molar-refractivity contribution in [2.24, 2.45) is 0 Å². The molecule has 0 atom stereocenters. The lowest BCUT2D eigenvalue weighted by molar-refractivity contribution is 0.415. The first-order valence-corrected chi connectivity index (χ1v) is 10.5. The Bertz CT molecular complexity index is 986. The van der Waals surface area contributed by atoms with Crippen LogP contribution in [0.4, 0.5) is 0 Å². The fourth-order valence-corrected chi connectivity index (χ4v) is 3.42. The minimum Gasteiger partial charge on any atom is -0.497 e. The molecule has 1 heterocycles. The van der Waals surface area contributed by atoms with Crippen molar-refractivity contribution in [3.8, 4) is 5.75 Å².